The zero-order valence-corrected chi connectivity index (χ0v) is 6.65. The van der Waals surface area contributed by atoms with Gasteiger partial charge in [0.15, 0.2) is 5.78 Å². The zero-order chi connectivity index (χ0) is 9.14. The van der Waals surface area contributed by atoms with E-state index in [1.54, 1.807) is 30.1 Å². The van der Waals surface area contributed by atoms with Gasteiger partial charge in [0.25, 0.3) is 0 Å². The second-order valence-corrected chi connectivity index (χ2v) is 2.56. The number of ketones is 1. The van der Waals surface area contributed by atoms with Crippen molar-refractivity contribution in [2.24, 2.45) is 7.05 Å². The molecule has 0 aliphatic carbocycles. The van der Waals surface area contributed by atoms with Gasteiger partial charge in [-0.15, -0.1) is 0 Å². The molecule has 1 aromatic heterocycles. The van der Waals surface area contributed by atoms with Crippen LogP contribution in [-0.4, -0.2) is 21.4 Å². The highest BCUT2D eigenvalue weighted by Crippen LogP contribution is 2.03. The number of aryl methyl sites for hydroxylation is 1. The zero-order valence-electron chi connectivity index (χ0n) is 6.65. The molecule has 0 aliphatic heterocycles. The quantitative estimate of drug-likeness (QED) is 0.532. The summed E-state index contributed by atoms with van der Waals surface area (Å²) < 4.78 is 1.70. The smallest absolute Gasteiger partial charge is 0.311 e. The van der Waals surface area contributed by atoms with E-state index in [1.807, 2.05) is 0 Å². The van der Waals surface area contributed by atoms with Crippen molar-refractivity contribution in [2.45, 2.75) is 6.42 Å². The molecule has 0 bridgehead atoms. The lowest BCUT2D eigenvalue weighted by atomic mass is 10.2. The number of aliphatic carboxylic acids is 1. The van der Waals surface area contributed by atoms with Crippen LogP contribution in [0.3, 0.4) is 0 Å². The van der Waals surface area contributed by atoms with Crippen LogP contribution in [0.15, 0.2) is 18.5 Å². The van der Waals surface area contributed by atoms with Crippen LogP contribution in [0.1, 0.15) is 16.8 Å². The highest BCUT2D eigenvalue weighted by Gasteiger charge is 2.10. The Bertz CT molecular complexity index is 314. The lowest BCUT2D eigenvalue weighted by Crippen LogP contribution is -2.05. The Morgan fingerprint density at radius 3 is 2.67 bits per heavy atom. The van der Waals surface area contributed by atoms with Gasteiger partial charge in [-0.05, 0) is 6.07 Å². The molecule has 0 unspecified atom stereocenters. The molecule has 1 rings (SSSR count). The van der Waals surface area contributed by atoms with Crippen LogP contribution in [-0.2, 0) is 11.8 Å². The fourth-order valence-electron chi connectivity index (χ4n) is 0.908. The van der Waals surface area contributed by atoms with E-state index in [2.05, 4.69) is 0 Å². The average molecular weight is 167 g/mol. The van der Waals surface area contributed by atoms with Crippen molar-refractivity contribution < 1.29 is 14.7 Å². The molecule has 0 atom stereocenters. The molecule has 64 valence electrons. The first-order valence-corrected chi connectivity index (χ1v) is 3.46. The van der Waals surface area contributed by atoms with Crippen molar-refractivity contribution in [1.29, 1.82) is 0 Å². The van der Waals surface area contributed by atoms with Crippen LogP contribution in [0.2, 0.25) is 0 Å². The molecule has 0 aromatic carbocycles. The topological polar surface area (TPSA) is 59.3 Å². The molecule has 0 spiro atoms. The molecule has 0 aliphatic rings. The lowest BCUT2D eigenvalue weighted by Gasteiger charge is -1.91. The Kier molecular flexibility index (Phi) is 2.28. The predicted molar refractivity (Wildman–Crippen MR) is 42.0 cm³/mol. The van der Waals surface area contributed by atoms with Crippen LogP contribution in [0.25, 0.3) is 0 Å². The molecule has 1 N–H and O–H groups in total. The molecule has 4 nitrogen and oxygen atoms in total. The number of hydrogen-bond donors (Lipinski definition) is 1. The maximum atomic E-state index is 11.1. The summed E-state index contributed by atoms with van der Waals surface area (Å²) in [6.07, 6.45) is 2.87. The second kappa shape index (κ2) is 3.21. The van der Waals surface area contributed by atoms with Gasteiger partial charge in [-0.3, -0.25) is 9.59 Å². The van der Waals surface area contributed by atoms with E-state index >= 15 is 0 Å². The molecule has 0 saturated carbocycles. The number of carbonyl (C=O) groups is 2. The molecule has 1 aromatic rings. The first-order valence-electron chi connectivity index (χ1n) is 3.46. The van der Waals surface area contributed by atoms with Gasteiger partial charge < -0.3 is 9.67 Å². The first-order chi connectivity index (χ1) is 5.59. The van der Waals surface area contributed by atoms with E-state index in [9.17, 15) is 9.59 Å². The maximum Gasteiger partial charge on any atom is 0.311 e. The number of carbonyl (C=O) groups excluding carboxylic acids is 1. The minimum absolute atomic E-state index is 0.358. The summed E-state index contributed by atoms with van der Waals surface area (Å²) in [6.45, 7) is 0. The van der Waals surface area contributed by atoms with E-state index in [-0.39, 0.29) is 5.78 Å². The van der Waals surface area contributed by atoms with Crippen LogP contribution >= 0.6 is 0 Å². The molecule has 4 heteroatoms. The third-order valence-corrected chi connectivity index (χ3v) is 1.47. The number of nitrogens with zero attached hydrogens (tertiary/aromatic N) is 1. The Balaban J connectivity index is 2.72. The van der Waals surface area contributed by atoms with Gasteiger partial charge in [-0.1, -0.05) is 0 Å². The summed E-state index contributed by atoms with van der Waals surface area (Å²) in [6, 6.07) is 1.60. The minimum atomic E-state index is -1.09. The van der Waals surface area contributed by atoms with Crippen molar-refractivity contribution in [3.8, 4) is 0 Å². The fraction of sp³-hybridized carbons (Fsp3) is 0.250. The molecule has 12 heavy (non-hydrogen) atoms. The molecule has 0 fully saturated rings. The number of aromatic nitrogens is 1. The predicted octanol–water partition coefficient (Wildman–Crippen LogP) is 0.682. The fourth-order valence-corrected chi connectivity index (χ4v) is 0.908. The summed E-state index contributed by atoms with van der Waals surface area (Å²) in [4.78, 5) is 21.2. The number of hydrogen-bond acceptors (Lipinski definition) is 2. The number of rotatable bonds is 3. The summed E-state index contributed by atoms with van der Waals surface area (Å²) in [7, 11) is 1.78. The van der Waals surface area contributed by atoms with E-state index in [1.165, 1.54) is 0 Å². The molecular formula is C8H9NO3. The van der Waals surface area contributed by atoms with E-state index in [0.29, 0.717) is 5.56 Å². The van der Waals surface area contributed by atoms with Gasteiger partial charge in [-0.2, -0.15) is 0 Å². The Morgan fingerprint density at radius 1 is 1.58 bits per heavy atom. The summed E-state index contributed by atoms with van der Waals surface area (Å²) in [5.74, 6) is -1.45. The van der Waals surface area contributed by atoms with Gasteiger partial charge in [0, 0.05) is 25.0 Å². The number of carboxylic acid groups (broad SMARTS) is 1. The first kappa shape index (κ1) is 8.52. The highest BCUT2D eigenvalue weighted by atomic mass is 16.4. The molecule has 1 heterocycles. The molecule has 0 saturated heterocycles. The van der Waals surface area contributed by atoms with Crippen LogP contribution in [0.5, 0.6) is 0 Å². The van der Waals surface area contributed by atoms with Gasteiger partial charge in [0.1, 0.15) is 6.42 Å². The van der Waals surface area contributed by atoms with Gasteiger partial charge in [0.2, 0.25) is 0 Å². The van der Waals surface area contributed by atoms with Gasteiger partial charge in [-0.25, -0.2) is 0 Å². The second-order valence-electron chi connectivity index (χ2n) is 2.56. The summed E-state index contributed by atoms with van der Waals surface area (Å²) >= 11 is 0. The summed E-state index contributed by atoms with van der Waals surface area (Å²) in [5, 5.41) is 8.32. The molecular weight excluding hydrogens is 158 g/mol. The van der Waals surface area contributed by atoms with E-state index in [0.717, 1.165) is 0 Å². The minimum Gasteiger partial charge on any atom is -0.481 e. The van der Waals surface area contributed by atoms with Crippen LogP contribution < -0.4 is 0 Å². The third kappa shape index (κ3) is 1.95. The Morgan fingerprint density at radius 2 is 2.25 bits per heavy atom. The normalized spacial score (nSPS) is 9.75. The van der Waals surface area contributed by atoms with Crippen LogP contribution in [0.4, 0.5) is 0 Å². The number of carboxylic acids is 1. The molecule has 0 radical (unpaired) electrons. The van der Waals surface area contributed by atoms with Crippen molar-refractivity contribution in [3.05, 3.63) is 24.0 Å². The van der Waals surface area contributed by atoms with Crippen molar-refractivity contribution in [3.63, 3.8) is 0 Å². The largest absolute Gasteiger partial charge is 0.481 e. The van der Waals surface area contributed by atoms with Crippen molar-refractivity contribution in [2.75, 3.05) is 0 Å². The third-order valence-electron chi connectivity index (χ3n) is 1.47. The SMILES string of the molecule is Cn1ccc(C(=O)CC(=O)O)c1. The standard InChI is InChI=1S/C8H9NO3/c1-9-3-2-6(5-9)7(10)4-8(11)12/h2-3,5H,4H2,1H3,(H,11,12). The van der Waals surface area contributed by atoms with Gasteiger partial charge >= 0.3 is 5.97 Å². The number of Topliss-reactive ketones (excluding diaryl/α,β-unsaturated/α-hetero) is 1. The summed E-state index contributed by atoms with van der Waals surface area (Å²) in [5.41, 5.74) is 0.444. The average Bonchev–Trinajstić information content (AvgIpc) is 2.34. The Labute approximate surface area is 69.4 Å². The van der Waals surface area contributed by atoms with Crippen molar-refractivity contribution in [1.82, 2.24) is 4.57 Å². The van der Waals surface area contributed by atoms with E-state index < -0.39 is 12.4 Å². The van der Waals surface area contributed by atoms with Gasteiger partial charge in [0.05, 0.1) is 0 Å². The maximum absolute atomic E-state index is 11.1. The monoisotopic (exact) mass is 167 g/mol. The van der Waals surface area contributed by atoms with Crippen molar-refractivity contribution >= 4 is 11.8 Å². The lowest BCUT2D eigenvalue weighted by molar-refractivity contribution is -0.135. The van der Waals surface area contributed by atoms with E-state index in [4.69, 9.17) is 5.11 Å². The van der Waals surface area contributed by atoms with Crippen LogP contribution in [0, 0.1) is 0 Å². The highest BCUT2D eigenvalue weighted by molar-refractivity contribution is 6.05. The molecule has 0 amide bonds. The Hall–Kier alpha value is -1.58.